The van der Waals surface area contributed by atoms with E-state index in [0.717, 1.165) is 21.8 Å². The van der Waals surface area contributed by atoms with E-state index in [0.29, 0.717) is 19.0 Å². The number of hydrogen-bond donors (Lipinski definition) is 1. The molecule has 3 rings (SSSR count). The van der Waals surface area contributed by atoms with Gasteiger partial charge >= 0.3 is 6.09 Å². The predicted octanol–water partition coefficient (Wildman–Crippen LogP) is 3.81. The fourth-order valence-corrected chi connectivity index (χ4v) is 3.01. The number of nitrogens with zero attached hydrogens (tertiary/aromatic N) is 3. The molecule has 7 heteroatoms. The number of carbonyl (C=O) groups is 1. The maximum absolute atomic E-state index is 12.1. The molecule has 0 radical (unpaired) electrons. The van der Waals surface area contributed by atoms with Crippen LogP contribution < -0.4 is 5.32 Å². The van der Waals surface area contributed by atoms with Crippen molar-refractivity contribution in [3.8, 4) is 0 Å². The third-order valence-corrected chi connectivity index (χ3v) is 4.21. The second kappa shape index (κ2) is 6.55. The highest BCUT2D eigenvalue weighted by Crippen LogP contribution is 2.20. The van der Waals surface area contributed by atoms with Crippen LogP contribution in [0.2, 0.25) is 0 Å². The topological polar surface area (TPSA) is 67.3 Å². The van der Waals surface area contributed by atoms with Crippen LogP contribution in [-0.4, -0.2) is 45.7 Å². The van der Waals surface area contributed by atoms with Crippen molar-refractivity contribution in [2.45, 2.75) is 38.8 Å². The van der Waals surface area contributed by atoms with E-state index in [9.17, 15) is 4.79 Å². The van der Waals surface area contributed by atoms with Crippen LogP contribution in [0.15, 0.2) is 28.9 Å². The summed E-state index contributed by atoms with van der Waals surface area (Å²) < 4.78 is 6.42. The lowest BCUT2D eigenvalue weighted by atomic mass is 10.2. The van der Waals surface area contributed by atoms with Crippen molar-refractivity contribution in [3.05, 3.63) is 28.9 Å². The summed E-state index contributed by atoms with van der Waals surface area (Å²) in [6.07, 6.45) is 2.38. The van der Waals surface area contributed by atoms with Gasteiger partial charge in [0.05, 0.1) is 5.52 Å². The molecule has 6 nitrogen and oxygen atoms in total. The predicted molar refractivity (Wildman–Crippen MR) is 97.1 cm³/mol. The van der Waals surface area contributed by atoms with Gasteiger partial charge in [0.1, 0.15) is 5.60 Å². The van der Waals surface area contributed by atoms with Crippen LogP contribution in [0, 0.1) is 0 Å². The van der Waals surface area contributed by atoms with E-state index in [1.165, 1.54) is 0 Å². The van der Waals surface area contributed by atoms with Gasteiger partial charge in [-0.1, -0.05) is 15.9 Å². The zero-order chi connectivity index (χ0) is 17.3. The molecule has 1 aromatic heterocycles. The minimum Gasteiger partial charge on any atom is -0.444 e. The monoisotopic (exact) mass is 392 g/mol. The van der Waals surface area contributed by atoms with E-state index in [-0.39, 0.29) is 12.1 Å². The number of fused-ring (bicyclic) bond motifs is 1. The van der Waals surface area contributed by atoms with E-state index < -0.39 is 5.60 Å². The molecule has 128 valence electrons. The zero-order valence-corrected chi connectivity index (χ0v) is 15.6. The molecule has 0 bridgehead atoms. The molecule has 0 spiro atoms. The van der Waals surface area contributed by atoms with Crippen LogP contribution in [-0.2, 0) is 4.74 Å². The van der Waals surface area contributed by atoms with Gasteiger partial charge in [-0.15, -0.1) is 0 Å². The lowest BCUT2D eigenvalue weighted by molar-refractivity contribution is 0.0293. The van der Waals surface area contributed by atoms with Gasteiger partial charge in [-0.3, -0.25) is 0 Å². The van der Waals surface area contributed by atoms with Gasteiger partial charge in [-0.25, -0.2) is 14.8 Å². The molecule has 1 aliphatic heterocycles. The van der Waals surface area contributed by atoms with E-state index in [1.807, 2.05) is 39.0 Å². The van der Waals surface area contributed by atoms with Crippen molar-refractivity contribution < 1.29 is 9.53 Å². The highest BCUT2D eigenvalue weighted by Gasteiger charge is 2.30. The number of aromatic nitrogens is 2. The molecule has 24 heavy (non-hydrogen) atoms. The molecule has 1 aliphatic rings. The van der Waals surface area contributed by atoms with Crippen LogP contribution in [0.3, 0.4) is 0 Å². The van der Waals surface area contributed by atoms with Gasteiger partial charge in [0.25, 0.3) is 0 Å². The number of ether oxygens (including phenoxy) is 1. The number of hydrogen-bond acceptors (Lipinski definition) is 5. The minimum absolute atomic E-state index is 0.130. The van der Waals surface area contributed by atoms with Crippen molar-refractivity contribution in [1.29, 1.82) is 0 Å². The molecular weight excluding hydrogens is 372 g/mol. The van der Waals surface area contributed by atoms with E-state index in [4.69, 9.17) is 4.74 Å². The number of anilines is 1. The van der Waals surface area contributed by atoms with Gasteiger partial charge < -0.3 is 15.0 Å². The van der Waals surface area contributed by atoms with Crippen molar-refractivity contribution in [2.24, 2.45) is 0 Å². The van der Waals surface area contributed by atoms with Crippen LogP contribution >= 0.6 is 15.9 Å². The number of halogens is 1. The molecule has 0 aliphatic carbocycles. The number of carbonyl (C=O) groups excluding carboxylic acids is 1. The molecule has 1 saturated heterocycles. The first-order valence-electron chi connectivity index (χ1n) is 7.97. The molecule has 2 heterocycles. The van der Waals surface area contributed by atoms with Gasteiger partial charge in [0.15, 0.2) is 0 Å². The lowest BCUT2D eigenvalue weighted by Gasteiger charge is -2.24. The Morgan fingerprint density at radius 1 is 1.42 bits per heavy atom. The first-order chi connectivity index (χ1) is 11.3. The van der Waals surface area contributed by atoms with Crippen molar-refractivity contribution in [3.63, 3.8) is 0 Å². The van der Waals surface area contributed by atoms with Gasteiger partial charge in [-0.2, -0.15) is 0 Å². The van der Waals surface area contributed by atoms with Crippen molar-refractivity contribution in [1.82, 2.24) is 14.9 Å². The van der Waals surface area contributed by atoms with E-state index in [1.54, 1.807) is 11.1 Å². The van der Waals surface area contributed by atoms with E-state index >= 15 is 0 Å². The Morgan fingerprint density at radius 2 is 2.21 bits per heavy atom. The van der Waals surface area contributed by atoms with Gasteiger partial charge in [-0.05, 0) is 45.4 Å². The highest BCUT2D eigenvalue weighted by atomic mass is 79.9. The van der Waals surface area contributed by atoms with Gasteiger partial charge in [0.2, 0.25) is 5.95 Å². The third kappa shape index (κ3) is 4.14. The van der Waals surface area contributed by atoms with Crippen LogP contribution in [0.4, 0.5) is 10.7 Å². The van der Waals surface area contributed by atoms with E-state index in [2.05, 4.69) is 31.2 Å². The summed E-state index contributed by atoms with van der Waals surface area (Å²) in [6.45, 7) is 6.89. The zero-order valence-electron chi connectivity index (χ0n) is 14.0. The Hall–Kier alpha value is -1.89. The molecule has 1 N–H and O–H groups in total. The first kappa shape index (κ1) is 17.0. The summed E-state index contributed by atoms with van der Waals surface area (Å²) in [5, 5.41) is 4.29. The Bertz CT molecular complexity index is 760. The molecule has 1 fully saturated rings. The summed E-state index contributed by atoms with van der Waals surface area (Å²) in [5.41, 5.74) is 0.413. The molecule has 1 amide bonds. The molecule has 1 aromatic carbocycles. The normalized spacial score (nSPS) is 18.0. The number of amides is 1. The Morgan fingerprint density at radius 3 is 2.96 bits per heavy atom. The summed E-state index contributed by atoms with van der Waals surface area (Å²) in [4.78, 5) is 22.7. The average molecular weight is 393 g/mol. The minimum atomic E-state index is -0.474. The van der Waals surface area contributed by atoms with Crippen LogP contribution in [0.5, 0.6) is 0 Å². The Balaban J connectivity index is 1.63. The summed E-state index contributed by atoms with van der Waals surface area (Å²) in [6, 6.07) is 6.02. The number of likely N-dealkylation sites (tertiary alicyclic amines) is 1. The quantitative estimate of drug-likeness (QED) is 0.841. The summed E-state index contributed by atoms with van der Waals surface area (Å²) in [5.74, 6) is 0.584. The van der Waals surface area contributed by atoms with Crippen molar-refractivity contribution in [2.75, 3.05) is 18.4 Å². The first-order valence-corrected chi connectivity index (χ1v) is 8.76. The Kier molecular flexibility index (Phi) is 4.62. The third-order valence-electron chi connectivity index (χ3n) is 3.72. The molecule has 1 unspecified atom stereocenters. The average Bonchev–Trinajstić information content (AvgIpc) is 2.94. The second-order valence-electron chi connectivity index (χ2n) is 6.95. The highest BCUT2D eigenvalue weighted by molar-refractivity contribution is 9.10. The maximum Gasteiger partial charge on any atom is 0.410 e. The van der Waals surface area contributed by atoms with Crippen molar-refractivity contribution >= 4 is 38.9 Å². The standard InChI is InChI=1S/C17H21BrN4O2/c1-17(2,3)24-16(23)22-7-6-13(10-22)20-15-19-9-11-8-12(18)4-5-14(11)21-15/h4-5,8-9,13H,6-7,10H2,1-3H3,(H,19,20,21). The number of rotatable bonds is 2. The summed E-state index contributed by atoms with van der Waals surface area (Å²) >= 11 is 3.44. The SMILES string of the molecule is CC(C)(C)OC(=O)N1CCC(Nc2ncc3cc(Br)ccc3n2)C1. The largest absolute Gasteiger partial charge is 0.444 e. The van der Waals surface area contributed by atoms with Gasteiger partial charge in [0, 0.05) is 35.2 Å². The van der Waals surface area contributed by atoms with Crippen LogP contribution in [0.25, 0.3) is 10.9 Å². The maximum atomic E-state index is 12.1. The lowest BCUT2D eigenvalue weighted by Crippen LogP contribution is -2.36. The molecule has 1 atom stereocenters. The molecule has 0 saturated carbocycles. The Labute approximate surface area is 149 Å². The number of nitrogens with one attached hydrogen (secondary N) is 1. The molecule has 2 aromatic rings. The molecular formula is C17H21BrN4O2. The fourth-order valence-electron chi connectivity index (χ4n) is 2.63. The fraction of sp³-hybridized carbons (Fsp3) is 0.471. The number of benzene rings is 1. The second-order valence-corrected chi connectivity index (χ2v) is 7.87. The summed E-state index contributed by atoms with van der Waals surface area (Å²) in [7, 11) is 0. The van der Waals surface area contributed by atoms with Crippen LogP contribution in [0.1, 0.15) is 27.2 Å². The smallest absolute Gasteiger partial charge is 0.410 e.